The molecule has 4 fully saturated rings. The molecular formula is C22H30O6. The van der Waals surface area contributed by atoms with Gasteiger partial charge in [0.25, 0.3) is 0 Å². The van der Waals surface area contributed by atoms with E-state index in [1.807, 2.05) is 13.8 Å². The molecule has 5 rings (SSSR count). The van der Waals surface area contributed by atoms with Crippen molar-refractivity contribution in [3.63, 3.8) is 0 Å². The first-order valence-corrected chi connectivity index (χ1v) is 10.3. The second-order valence-corrected chi connectivity index (χ2v) is 10.8. The van der Waals surface area contributed by atoms with Gasteiger partial charge in [-0.15, -0.1) is 0 Å². The first kappa shape index (κ1) is 18.8. The van der Waals surface area contributed by atoms with Crippen LogP contribution in [0, 0.1) is 29.1 Å². The minimum absolute atomic E-state index is 0.0799. The number of carbonyl (C=O) groups excluding carboxylic acids is 2. The Morgan fingerprint density at radius 1 is 1.29 bits per heavy atom. The summed E-state index contributed by atoms with van der Waals surface area (Å²) in [6.07, 6.45) is 2.20. The molecule has 4 aliphatic carbocycles. The van der Waals surface area contributed by atoms with Crippen LogP contribution in [0.4, 0.5) is 0 Å². The third-order valence-electron chi connectivity index (χ3n) is 8.97. The van der Waals surface area contributed by atoms with E-state index >= 15 is 0 Å². The molecule has 1 saturated heterocycles. The SMILES string of the molecule is CC(=O)OC12CC(C)C3(O)C(C4OC4(C)CC4(O)C(=O)C(C)=CC43)C1C2(C)C. The van der Waals surface area contributed by atoms with Gasteiger partial charge in [-0.25, -0.2) is 0 Å². The highest BCUT2D eigenvalue weighted by Crippen LogP contribution is 2.79. The summed E-state index contributed by atoms with van der Waals surface area (Å²) in [6, 6.07) is 0. The van der Waals surface area contributed by atoms with Crippen LogP contribution in [-0.2, 0) is 19.1 Å². The Morgan fingerprint density at radius 3 is 2.54 bits per heavy atom. The summed E-state index contributed by atoms with van der Waals surface area (Å²) in [5.74, 6) is -1.96. The molecule has 1 heterocycles. The van der Waals surface area contributed by atoms with E-state index in [2.05, 4.69) is 13.8 Å². The van der Waals surface area contributed by atoms with Crippen LogP contribution in [0.5, 0.6) is 0 Å². The van der Waals surface area contributed by atoms with Gasteiger partial charge in [-0.2, -0.15) is 0 Å². The van der Waals surface area contributed by atoms with Crippen molar-refractivity contribution in [2.75, 3.05) is 0 Å². The maximum atomic E-state index is 12.9. The van der Waals surface area contributed by atoms with Crippen LogP contribution >= 0.6 is 0 Å². The Bertz CT molecular complexity index is 846. The summed E-state index contributed by atoms with van der Waals surface area (Å²) >= 11 is 0. The van der Waals surface area contributed by atoms with Gasteiger partial charge in [-0.1, -0.05) is 26.8 Å². The topological polar surface area (TPSA) is 96.4 Å². The molecule has 6 heteroatoms. The van der Waals surface area contributed by atoms with Crippen molar-refractivity contribution in [1.82, 2.24) is 0 Å². The van der Waals surface area contributed by atoms with E-state index in [1.54, 1.807) is 13.0 Å². The molecular weight excluding hydrogens is 360 g/mol. The van der Waals surface area contributed by atoms with Gasteiger partial charge in [-0.3, -0.25) is 9.59 Å². The molecule has 6 nitrogen and oxygen atoms in total. The number of hydrogen-bond acceptors (Lipinski definition) is 6. The molecule has 28 heavy (non-hydrogen) atoms. The van der Waals surface area contributed by atoms with Gasteiger partial charge >= 0.3 is 5.97 Å². The van der Waals surface area contributed by atoms with Gasteiger partial charge in [0.1, 0.15) is 11.2 Å². The average molecular weight is 390 g/mol. The van der Waals surface area contributed by atoms with Crippen molar-refractivity contribution in [2.24, 2.45) is 29.1 Å². The third-order valence-corrected chi connectivity index (χ3v) is 8.97. The van der Waals surface area contributed by atoms with Gasteiger partial charge in [0.05, 0.1) is 17.3 Å². The molecule has 0 aromatic rings. The quantitative estimate of drug-likeness (QED) is 0.523. The molecule has 0 aromatic heterocycles. The highest BCUT2D eigenvalue weighted by molar-refractivity contribution is 6.04. The number of fused-ring (bicyclic) bond motifs is 7. The van der Waals surface area contributed by atoms with Crippen LogP contribution < -0.4 is 0 Å². The summed E-state index contributed by atoms with van der Waals surface area (Å²) in [5, 5.41) is 23.7. The molecule has 2 N–H and O–H groups in total. The molecule has 0 aromatic carbocycles. The highest BCUT2D eigenvalue weighted by atomic mass is 16.6. The average Bonchev–Trinajstić information content (AvgIpc) is 3.31. The van der Waals surface area contributed by atoms with Gasteiger partial charge in [0.2, 0.25) is 0 Å². The van der Waals surface area contributed by atoms with E-state index in [9.17, 15) is 19.8 Å². The number of esters is 1. The summed E-state index contributed by atoms with van der Waals surface area (Å²) in [7, 11) is 0. The van der Waals surface area contributed by atoms with Crippen LogP contribution in [0.1, 0.15) is 54.4 Å². The van der Waals surface area contributed by atoms with E-state index in [1.165, 1.54) is 6.92 Å². The highest BCUT2D eigenvalue weighted by Gasteiger charge is 2.88. The predicted molar refractivity (Wildman–Crippen MR) is 99.1 cm³/mol. The lowest BCUT2D eigenvalue weighted by molar-refractivity contribution is -0.198. The molecule has 9 unspecified atom stereocenters. The summed E-state index contributed by atoms with van der Waals surface area (Å²) in [4.78, 5) is 24.8. The number of rotatable bonds is 1. The fourth-order valence-electron chi connectivity index (χ4n) is 7.66. The van der Waals surface area contributed by atoms with Crippen LogP contribution in [0.15, 0.2) is 11.6 Å². The van der Waals surface area contributed by atoms with E-state index in [0.29, 0.717) is 12.0 Å². The Hall–Kier alpha value is -1.24. The lowest BCUT2D eigenvalue weighted by Crippen LogP contribution is -2.62. The second-order valence-electron chi connectivity index (χ2n) is 10.8. The number of carbonyl (C=O) groups is 2. The van der Waals surface area contributed by atoms with Crippen molar-refractivity contribution in [2.45, 2.75) is 82.9 Å². The van der Waals surface area contributed by atoms with Crippen molar-refractivity contribution in [3.05, 3.63) is 11.6 Å². The van der Waals surface area contributed by atoms with Crippen molar-refractivity contribution >= 4 is 11.8 Å². The molecule has 1 aliphatic heterocycles. The molecule has 3 saturated carbocycles. The predicted octanol–water partition coefficient (Wildman–Crippen LogP) is 1.77. The lowest BCUT2D eigenvalue weighted by Gasteiger charge is -2.51. The molecule has 0 bridgehead atoms. The lowest BCUT2D eigenvalue weighted by atomic mass is 9.59. The first-order chi connectivity index (χ1) is 12.8. The van der Waals surface area contributed by atoms with E-state index in [4.69, 9.17) is 9.47 Å². The Morgan fingerprint density at radius 2 is 1.93 bits per heavy atom. The van der Waals surface area contributed by atoms with E-state index in [-0.39, 0.29) is 47.4 Å². The Kier molecular flexibility index (Phi) is 3.17. The maximum Gasteiger partial charge on any atom is 0.303 e. The van der Waals surface area contributed by atoms with Crippen molar-refractivity contribution < 1.29 is 29.3 Å². The number of Topliss-reactive ketones (excluding diaryl/α,β-unsaturated/α-hetero) is 1. The molecule has 154 valence electrons. The van der Waals surface area contributed by atoms with Crippen LogP contribution in [0.2, 0.25) is 0 Å². The van der Waals surface area contributed by atoms with Crippen molar-refractivity contribution in [1.29, 1.82) is 0 Å². The fraction of sp³-hybridized carbons (Fsp3) is 0.818. The molecule has 0 spiro atoms. The van der Waals surface area contributed by atoms with Crippen LogP contribution in [-0.4, -0.2) is 50.5 Å². The fourth-order valence-corrected chi connectivity index (χ4v) is 7.66. The monoisotopic (exact) mass is 390 g/mol. The van der Waals surface area contributed by atoms with Crippen molar-refractivity contribution in [3.8, 4) is 0 Å². The van der Waals surface area contributed by atoms with Crippen LogP contribution in [0.3, 0.4) is 0 Å². The normalized spacial score (nSPS) is 57.8. The minimum Gasteiger partial charge on any atom is -0.458 e. The Labute approximate surface area is 165 Å². The smallest absolute Gasteiger partial charge is 0.303 e. The maximum absolute atomic E-state index is 12.9. The number of epoxide rings is 1. The summed E-state index contributed by atoms with van der Waals surface area (Å²) in [5.41, 5.74) is -4.05. The number of ether oxygens (including phenoxy) is 2. The molecule has 0 amide bonds. The van der Waals surface area contributed by atoms with Gasteiger partial charge in [0, 0.05) is 36.5 Å². The van der Waals surface area contributed by atoms with Gasteiger partial charge in [-0.05, 0) is 31.8 Å². The van der Waals surface area contributed by atoms with Gasteiger partial charge < -0.3 is 19.7 Å². The van der Waals surface area contributed by atoms with E-state index < -0.39 is 28.3 Å². The molecule has 5 aliphatic rings. The molecule has 9 atom stereocenters. The number of aliphatic hydroxyl groups is 2. The largest absolute Gasteiger partial charge is 0.458 e. The van der Waals surface area contributed by atoms with E-state index in [0.717, 1.165) is 0 Å². The number of hydrogen-bond donors (Lipinski definition) is 2. The second kappa shape index (κ2) is 4.73. The zero-order chi connectivity index (χ0) is 20.7. The number of ketones is 1. The van der Waals surface area contributed by atoms with Gasteiger partial charge in [0.15, 0.2) is 5.78 Å². The Balaban J connectivity index is 1.69. The molecule has 0 radical (unpaired) electrons. The van der Waals surface area contributed by atoms with Crippen LogP contribution in [0.25, 0.3) is 0 Å². The summed E-state index contributed by atoms with van der Waals surface area (Å²) < 4.78 is 12.0. The zero-order valence-corrected chi connectivity index (χ0v) is 17.4. The summed E-state index contributed by atoms with van der Waals surface area (Å²) in [6.45, 7) is 11.2. The minimum atomic E-state index is -1.65. The standard InChI is InChI=1S/C22H30O6/c1-10-7-13-20(25,16(10)24)9-19(6)17(28-19)14-15-18(4,5)21(15,27-12(3)23)8-11(2)22(13,14)26/h7,11,13-15,17,25-26H,8-9H2,1-6H3. The first-order valence-electron chi connectivity index (χ1n) is 10.3. The zero-order valence-electron chi connectivity index (χ0n) is 17.4. The third kappa shape index (κ3) is 1.77.